The maximum Gasteiger partial charge on any atom is 0.193 e. The van der Waals surface area contributed by atoms with Gasteiger partial charge in [-0.3, -0.25) is 9.89 Å². The lowest BCUT2D eigenvalue weighted by Crippen LogP contribution is -2.52. The Morgan fingerprint density at radius 2 is 1.71 bits per heavy atom. The van der Waals surface area contributed by atoms with E-state index in [9.17, 15) is 0 Å². The number of aliphatic imine (C=N–C) groups is 1. The van der Waals surface area contributed by atoms with Crippen molar-refractivity contribution < 1.29 is 9.47 Å². The van der Waals surface area contributed by atoms with E-state index in [1.165, 1.54) is 44.2 Å². The van der Waals surface area contributed by atoms with E-state index in [4.69, 9.17) is 9.47 Å². The van der Waals surface area contributed by atoms with Crippen LogP contribution in [-0.2, 0) is 6.54 Å². The Bertz CT molecular complexity index is 657. The van der Waals surface area contributed by atoms with Crippen molar-refractivity contribution in [2.75, 3.05) is 74.6 Å². The number of guanidine groups is 1. The fourth-order valence-electron chi connectivity index (χ4n) is 3.98. The maximum atomic E-state index is 5.54. The summed E-state index contributed by atoms with van der Waals surface area (Å²) in [6.45, 7) is 7.05. The summed E-state index contributed by atoms with van der Waals surface area (Å²) < 4.78 is 10.9. The fraction of sp³-hybridized carbons (Fsp3) is 0.708. The van der Waals surface area contributed by atoms with Crippen molar-refractivity contribution in [2.45, 2.75) is 38.6 Å². The van der Waals surface area contributed by atoms with Gasteiger partial charge in [0, 0.05) is 51.9 Å². The molecular weight excluding hydrogens is 390 g/mol. The third-order valence-electron chi connectivity index (χ3n) is 5.83. The molecule has 2 rings (SSSR count). The standard InChI is InChI=1S/C24H43N5O2/c1-25-24(26-13-9-7-6-8-10-14-27(2)3)29-17-15-28(16-18-29)20-21-19-22(30-4)11-12-23(21)31-5/h11-12,19H,6-10,13-18,20H2,1-5H3,(H,25,26). The second-order valence-corrected chi connectivity index (χ2v) is 8.49. The minimum atomic E-state index is 0.869. The zero-order valence-corrected chi connectivity index (χ0v) is 20.3. The van der Waals surface area contributed by atoms with Crippen LogP contribution in [0.5, 0.6) is 11.5 Å². The Morgan fingerprint density at radius 3 is 2.35 bits per heavy atom. The summed E-state index contributed by atoms with van der Waals surface area (Å²) in [7, 11) is 9.60. The molecule has 7 heteroatoms. The summed E-state index contributed by atoms with van der Waals surface area (Å²) in [6, 6.07) is 6.00. The molecule has 1 aliphatic heterocycles. The van der Waals surface area contributed by atoms with Crippen LogP contribution in [0.15, 0.2) is 23.2 Å². The van der Waals surface area contributed by atoms with Gasteiger partial charge in [-0.2, -0.15) is 0 Å². The first kappa shape index (κ1) is 25.3. The molecule has 0 bridgehead atoms. The summed E-state index contributed by atoms with van der Waals surface area (Å²) in [5.41, 5.74) is 1.17. The van der Waals surface area contributed by atoms with Crippen LogP contribution in [-0.4, -0.2) is 95.3 Å². The summed E-state index contributed by atoms with van der Waals surface area (Å²) in [4.78, 5) is 11.6. The maximum absolute atomic E-state index is 5.54. The molecule has 0 aliphatic carbocycles. The van der Waals surface area contributed by atoms with Crippen molar-refractivity contribution in [1.82, 2.24) is 20.0 Å². The Balaban J connectivity index is 1.69. The van der Waals surface area contributed by atoms with E-state index in [0.29, 0.717) is 0 Å². The zero-order valence-electron chi connectivity index (χ0n) is 20.3. The third-order valence-corrected chi connectivity index (χ3v) is 5.83. The van der Waals surface area contributed by atoms with Gasteiger partial charge in [0.2, 0.25) is 0 Å². The molecule has 31 heavy (non-hydrogen) atoms. The van der Waals surface area contributed by atoms with Crippen molar-refractivity contribution in [3.8, 4) is 11.5 Å². The van der Waals surface area contributed by atoms with Crippen LogP contribution in [0.25, 0.3) is 0 Å². The number of nitrogens with one attached hydrogen (secondary N) is 1. The number of nitrogens with zero attached hydrogens (tertiary/aromatic N) is 4. The van der Waals surface area contributed by atoms with Crippen molar-refractivity contribution in [1.29, 1.82) is 0 Å². The number of piperazine rings is 1. The van der Waals surface area contributed by atoms with E-state index < -0.39 is 0 Å². The first-order valence-electron chi connectivity index (χ1n) is 11.6. The second-order valence-electron chi connectivity index (χ2n) is 8.49. The van der Waals surface area contributed by atoms with E-state index in [1.54, 1.807) is 14.2 Å². The minimum Gasteiger partial charge on any atom is -0.497 e. The van der Waals surface area contributed by atoms with E-state index in [0.717, 1.165) is 56.7 Å². The molecule has 1 fully saturated rings. The predicted octanol–water partition coefficient (Wildman–Crippen LogP) is 2.91. The van der Waals surface area contributed by atoms with Gasteiger partial charge in [0.1, 0.15) is 11.5 Å². The summed E-state index contributed by atoms with van der Waals surface area (Å²) in [6.07, 6.45) is 6.44. The van der Waals surface area contributed by atoms with Crippen LogP contribution in [0, 0.1) is 0 Å². The highest BCUT2D eigenvalue weighted by Gasteiger charge is 2.20. The van der Waals surface area contributed by atoms with Crippen LogP contribution in [0.2, 0.25) is 0 Å². The molecule has 0 radical (unpaired) electrons. The minimum absolute atomic E-state index is 0.869. The highest BCUT2D eigenvalue weighted by Crippen LogP contribution is 2.25. The molecule has 7 nitrogen and oxygen atoms in total. The van der Waals surface area contributed by atoms with Gasteiger partial charge in [-0.05, 0) is 51.7 Å². The molecule has 0 aromatic heterocycles. The van der Waals surface area contributed by atoms with Crippen molar-refractivity contribution in [3.05, 3.63) is 23.8 Å². The van der Waals surface area contributed by atoms with Crippen LogP contribution in [0.3, 0.4) is 0 Å². The molecule has 0 saturated carbocycles. The number of benzene rings is 1. The second kappa shape index (κ2) is 14.1. The third kappa shape index (κ3) is 8.95. The van der Waals surface area contributed by atoms with E-state index in [-0.39, 0.29) is 0 Å². The molecule has 1 aromatic carbocycles. The van der Waals surface area contributed by atoms with Gasteiger partial charge in [0.25, 0.3) is 0 Å². The normalized spacial score (nSPS) is 15.4. The summed E-state index contributed by atoms with van der Waals surface area (Å²) in [5, 5.41) is 3.56. The van der Waals surface area contributed by atoms with Gasteiger partial charge in [-0.25, -0.2) is 0 Å². The van der Waals surface area contributed by atoms with Gasteiger partial charge < -0.3 is 24.6 Å². The van der Waals surface area contributed by atoms with Crippen molar-refractivity contribution in [3.63, 3.8) is 0 Å². The zero-order chi connectivity index (χ0) is 22.5. The van der Waals surface area contributed by atoms with Gasteiger partial charge in [0.15, 0.2) is 5.96 Å². The number of rotatable bonds is 12. The summed E-state index contributed by atoms with van der Waals surface area (Å²) >= 11 is 0. The van der Waals surface area contributed by atoms with Crippen molar-refractivity contribution in [2.24, 2.45) is 4.99 Å². The van der Waals surface area contributed by atoms with Crippen LogP contribution in [0.4, 0.5) is 0 Å². The largest absolute Gasteiger partial charge is 0.497 e. The SMILES string of the molecule is CN=C(NCCCCCCCN(C)C)N1CCN(Cc2cc(OC)ccc2OC)CC1. The van der Waals surface area contributed by atoms with E-state index in [1.807, 2.05) is 19.2 Å². The Morgan fingerprint density at radius 1 is 1.00 bits per heavy atom. The number of hydrogen-bond donors (Lipinski definition) is 1. The lowest BCUT2D eigenvalue weighted by molar-refractivity contribution is 0.171. The quantitative estimate of drug-likeness (QED) is 0.311. The van der Waals surface area contributed by atoms with Crippen LogP contribution >= 0.6 is 0 Å². The molecule has 1 aliphatic rings. The molecule has 1 aromatic rings. The Labute approximate surface area is 189 Å². The number of hydrogen-bond acceptors (Lipinski definition) is 5. The fourth-order valence-corrected chi connectivity index (χ4v) is 3.98. The molecule has 1 heterocycles. The number of unbranched alkanes of at least 4 members (excludes halogenated alkanes) is 4. The number of methoxy groups -OCH3 is 2. The lowest BCUT2D eigenvalue weighted by Gasteiger charge is -2.36. The molecular formula is C24H43N5O2. The van der Waals surface area contributed by atoms with Gasteiger partial charge >= 0.3 is 0 Å². The average Bonchev–Trinajstić information content (AvgIpc) is 2.78. The first-order chi connectivity index (χ1) is 15.1. The molecule has 1 saturated heterocycles. The molecule has 0 unspecified atom stereocenters. The lowest BCUT2D eigenvalue weighted by atomic mass is 10.1. The highest BCUT2D eigenvalue weighted by atomic mass is 16.5. The van der Waals surface area contributed by atoms with E-state index in [2.05, 4.69) is 45.2 Å². The van der Waals surface area contributed by atoms with E-state index >= 15 is 0 Å². The Hall–Kier alpha value is -1.99. The Kier molecular flexibility index (Phi) is 11.5. The molecule has 0 spiro atoms. The molecule has 1 N–H and O–H groups in total. The van der Waals surface area contributed by atoms with Gasteiger partial charge in [0.05, 0.1) is 14.2 Å². The van der Waals surface area contributed by atoms with Crippen LogP contribution in [0.1, 0.15) is 37.7 Å². The first-order valence-corrected chi connectivity index (χ1v) is 11.6. The molecule has 0 atom stereocenters. The number of ether oxygens (including phenoxy) is 2. The molecule has 0 amide bonds. The average molecular weight is 434 g/mol. The topological polar surface area (TPSA) is 52.6 Å². The van der Waals surface area contributed by atoms with Crippen molar-refractivity contribution >= 4 is 5.96 Å². The van der Waals surface area contributed by atoms with Gasteiger partial charge in [-0.15, -0.1) is 0 Å². The van der Waals surface area contributed by atoms with Crippen LogP contribution < -0.4 is 14.8 Å². The van der Waals surface area contributed by atoms with Gasteiger partial charge in [-0.1, -0.05) is 19.3 Å². The monoisotopic (exact) mass is 433 g/mol. The smallest absolute Gasteiger partial charge is 0.193 e. The summed E-state index contributed by atoms with van der Waals surface area (Å²) in [5.74, 6) is 2.82. The predicted molar refractivity (Wildman–Crippen MR) is 129 cm³/mol. The molecule has 176 valence electrons. The highest BCUT2D eigenvalue weighted by molar-refractivity contribution is 5.79.